The molecule has 2 N–H and O–H groups in total. The van der Waals surface area contributed by atoms with Crippen molar-refractivity contribution in [2.75, 3.05) is 20.0 Å². The fraction of sp³-hybridized carbons (Fsp3) is 0.182. The van der Waals surface area contributed by atoms with Gasteiger partial charge in [-0.1, -0.05) is 0 Å². The van der Waals surface area contributed by atoms with Gasteiger partial charge in [0.05, 0.1) is 30.5 Å². The van der Waals surface area contributed by atoms with Crippen LogP contribution in [0.5, 0.6) is 11.5 Å². The van der Waals surface area contributed by atoms with E-state index >= 15 is 0 Å². The van der Waals surface area contributed by atoms with Gasteiger partial charge in [-0.05, 0) is 36.4 Å². The first-order valence-corrected chi connectivity index (χ1v) is 9.58. The van der Waals surface area contributed by atoms with Crippen molar-refractivity contribution in [1.29, 1.82) is 0 Å². The Bertz CT molecular complexity index is 1230. The van der Waals surface area contributed by atoms with Crippen molar-refractivity contribution in [2.45, 2.75) is 0 Å². The number of non-ortho nitro benzene ring substituents is 1. The Morgan fingerprint density at radius 2 is 1.34 bits per heavy atom. The Kier molecular flexibility index (Phi) is 6.74. The second-order valence-corrected chi connectivity index (χ2v) is 6.78. The quantitative estimate of drug-likeness (QED) is 0.287. The van der Waals surface area contributed by atoms with Gasteiger partial charge in [0.2, 0.25) is 0 Å². The largest absolute Gasteiger partial charge is 0.496 e. The summed E-state index contributed by atoms with van der Waals surface area (Å²) in [6, 6.07) is 13.8. The summed E-state index contributed by atoms with van der Waals surface area (Å²) in [5.74, 6) is 1.38. The number of hydrogen-bond donors (Lipinski definition) is 1. The van der Waals surface area contributed by atoms with Crippen LogP contribution in [0.1, 0.15) is 0 Å². The monoisotopic (exact) mass is 436 g/mol. The normalized spacial score (nSPS) is 10.2. The maximum Gasteiger partial charge on any atom is 0.270 e. The highest BCUT2D eigenvalue weighted by Gasteiger charge is 2.15. The number of nitro groups is 1. The number of ether oxygens (including phenoxy) is 2. The van der Waals surface area contributed by atoms with Crippen molar-refractivity contribution < 1.29 is 14.4 Å². The SMILES string of the molecule is COc1ccc(N)cc1-c1ccnn1C.COc1ccc([N+](=O)[O-])cc1-c1ccnn1C. The molecule has 4 aromatic rings. The molecule has 0 bridgehead atoms. The Hall–Kier alpha value is -4.34. The van der Waals surface area contributed by atoms with E-state index in [-0.39, 0.29) is 5.69 Å². The summed E-state index contributed by atoms with van der Waals surface area (Å²) in [5.41, 5.74) is 9.86. The molecule has 10 heteroatoms. The first-order chi connectivity index (χ1) is 15.3. The number of hydrogen-bond acceptors (Lipinski definition) is 7. The molecule has 0 radical (unpaired) electrons. The van der Waals surface area contributed by atoms with Crippen LogP contribution >= 0.6 is 0 Å². The lowest BCUT2D eigenvalue weighted by Gasteiger charge is -2.09. The number of aromatic nitrogens is 4. The zero-order valence-corrected chi connectivity index (χ0v) is 18.2. The number of aryl methyl sites for hydroxylation is 2. The molecule has 0 saturated carbocycles. The third-order valence-electron chi connectivity index (χ3n) is 4.81. The third kappa shape index (κ3) is 4.69. The van der Waals surface area contributed by atoms with Gasteiger partial charge in [0.1, 0.15) is 11.5 Å². The van der Waals surface area contributed by atoms with Gasteiger partial charge in [-0.3, -0.25) is 19.5 Å². The predicted molar refractivity (Wildman–Crippen MR) is 121 cm³/mol. The molecule has 0 aliphatic rings. The molecule has 0 fully saturated rings. The van der Waals surface area contributed by atoms with E-state index in [1.807, 2.05) is 31.3 Å². The highest BCUT2D eigenvalue weighted by Crippen LogP contribution is 2.33. The lowest BCUT2D eigenvalue weighted by Crippen LogP contribution is -1.97. The Morgan fingerprint density at radius 3 is 1.78 bits per heavy atom. The standard InChI is InChI=1S/C11H11N3O3.C11H13N3O/c1-13-10(5-6-12-13)9-7-8(14(15)16)3-4-11(9)17-2;1-14-10(5-6-13-14)9-7-8(12)3-4-11(9)15-2/h3-7H,1-2H3;3-7H,12H2,1-2H3. The van der Waals surface area contributed by atoms with E-state index in [4.69, 9.17) is 15.2 Å². The highest BCUT2D eigenvalue weighted by atomic mass is 16.6. The zero-order valence-electron chi connectivity index (χ0n) is 18.2. The summed E-state index contributed by atoms with van der Waals surface area (Å²) < 4.78 is 13.9. The van der Waals surface area contributed by atoms with E-state index in [1.54, 1.807) is 48.0 Å². The predicted octanol–water partition coefficient (Wildman–Crippen LogP) is 3.68. The number of nitrogen functional groups attached to an aromatic ring is 1. The van der Waals surface area contributed by atoms with Crippen LogP contribution in [0.3, 0.4) is 0 Å². The third-order valence-corrected chi connectivity index (χ3v) is 4.81. The lowest BCUT2D eigenvalue weighted by atomic mass is 10.1. The Balaban J connectivity index is 0.000000182. The summed E-state index contributed by atoms with van der Waals surface area (Å²) in [4.78, 5) is 10.3. The van der Waals surface area contributed by atoms with Crippen LogP contribution in [-0.4, -0.2) is 38.7 Å². The molecule has 2 aromatic carbocycles. The average molecular weight is 436 g/mol. The number of anilines is 1. The summed E-state index contributed by atoms with van der Waals surface area (Å²) in [6.45, 7) is 0. The number of benzene rings is 2. The molecule has 0 aliphatic heterocycles. The molecule has 2 aromatic heterocycles. The molecule has 0 unspecified atom stereocenters. The van der Waals surface area contributed by atoms with Crippen LogP contribution in [0.15, 0.2) is 60.9 Å². The first kappa shape index (κ1) is 22.3. The van der Waals surface area contributed by atoms with Crippen molar-refractivity contribution in [1.82, 2.24) is 19.6 Å². The summed E-state index contributed by atoms with van der Waals surface area (Å²) in [5, 5.41) is 18.9. The summed E-state index contributed by atoms with van der Waals surface area (Å²) in [6.07, 6.45) is 3.38. The minimum atomic E-state index is -0.431. The van der Waals surface area contributed by atoms with Gasteiger partial charge in [-0.25, -0.2) is 0 Å². The molecule has 166 valence electrons. The zero-order chi connectivity index (χ0) is 23.3. The number of methoxy groups -OCH3 is 2. The molecule has 2 heterocycles. The molecule has 0 saturated heterocycles. The van der Waals surface area contributed by atoms with Crippen LogP contribution in [0.4, 0.5) is 11.4 Å². The topological polar surface area (TPSA) is 123 Å². The van der Waals surface area contributed by atoms with Gasteiger partial charge >= 0.3 is 0 Å². The summed E-state index contributed by atoms with van der Waals surface area (Å²) >= 11 is 0. The highest BCUT2D eigenvalue weighted by molar-refractivity contribution is 5.71. The minimum absolute atomic E-state index is 0.0296. The molecular formula is C22H24N6O4. The molecular weight excluding hydrogens is 412 g/mol. The van der Waals surface area contributed by atoms with Crippen molar-refractivity contribution in [2.24, 2.45) is 14.1 Å². The van der Waals surface area contributed by atoms with E-state index in [2.05, 4.69) is 10.2 Å². The van der Waals surface area contributed by atoms with Gasteiger partial charge in [-0.2, -0.15) is 10.2 Å². The number of nitro benzene ring substituents is 1. The van der Waals surface area contributed by atoms with Gasteiger partial charge < -0.3 is 15.2 Å². The molecule has 0 aliphatic carbocycles. The van der Waals surface area contributed by atoms with Crippen molar-refractivity contribution >= 4 is 11.4 Å². The molecule has 0 atom stereocenters. The van der Waals surface area contributed by atoms with Crippen molar-refractivity contribution in [3.8, 4) is 34.0 Å². The molecule has 0 amide bonds. The second-order valence-electron chi connectivity index (χ2n) is 6.78. The van der Waals surface area contributed by atoms with Crippen LogP contribution in [0.2, 0.25) is 0 Å². The molecule has 10 nitrogen and oxygen atoms in total. The van der Waals surface area contributed by atoms with E-state index < -0.39 is 4.92 Å². The molecule has 32 heavy (non-hydrogen) atoms. The number of rotatable bonds is 5. The molecule has 0 spiro atoms. The Morgan fingerprint density at radius 1 is 0.844 bits per heavy atom. The van der Waals surface area contributed by atoms with E-state index in [9.17, 15) is 10.1 Å². The van der Waals surface area contributed by atoms with Gasteiger partial charge in [0.25, 0.3) is 5.69 Å². The van der Waals surface area contributed by atoms with E-state index in [0.29, 0.717) is 17.0 Å². The van der Waals surface area contributed by atoms with Crippen LogP contribution < -0.4 is 15.2 Å². The van der Waals surface area contributed by atoms with Crippen LogP contribution in [0, 0.1) is 10.1 Å². The fourth-order valence-corrected chi connectivity index (χ4v) is 3.21. The maximum absolute atomic E-state index is 10.7. The van der Waals surface area contributed by atoms with E-state index in [0.717, 1.165) is 22.7 Å². The van der Waals surface area contributed by atoms with Gasteiger partial charge in [0.15, 0.2) is 0 Å². The van der Waals surface area contributed by atoms with E-state index in [1.165, 1.54) is 19.2 Å². The average Bonchev–Trinajstić information content (AvgIpc) is 3.41. The fourth-order valence-electron chi connectivity index (χ4n) is 3.21. The van der Waals surface area contributed by atoms with Crippen molar-refractivity contribution in [3.63, 3.8) is 0 Å². The van der Waals surface area contributed by atoms with Gasteiger partial charge in [0, 0.05) is 55.4 Å². The van der Waals surface area contributed by atoms with Crippen molar-refractivity contribution in [3.05, 3.63) is 71.0 Å². The van der Waals surface area contributed by atoms with Gasteiger partial charge in [-0.15, -0.1) is 0 Å². The Labute approximate surface area is 185 Å². The first-order valence-electron chi connectivity index (χ1n) is 9.58. The number of nitrogens with two attached hydrogens (primary N) is 1. The minimum Gasteiger partial charge on any atom is -0.496 e. The van der Waals surface area contributed by atoms with Crippen LogP contribution in [0.25, 0.3) is 22.5 Å². The smallest absolute Gasteiger partial charge is 0.270 e. The van der Waals surface area contributed by atoms with Crippen LogP contribution in [-0.2, 0) is 14.1 Å². The molecule has 4 rings (SSSR count). The summed E-state index contributed by atoms with van der Waals surface area (Å²) in [7, 11) is 6.83. The lowest BCUT2D eigenvalue weighted by molar-refractivity contribution is -0.384. The number of nitrogens with zero attached hydrogens (tertiary/aromatic N) is 5. The second kappa shape index (κ2) is 9.65. The maximum atomic E-state index is 10.7.